The van der Waals surface area contributed by atoms with Crippen LogP contribution in [0.3, 0.4) is 0 Å². The quantitative estimate of drug-likeness (QED) is 0.753. The molecule has 0 bridgehead atoms. The van der Waals surface area contributed by atoms with Crippen LogP contribution >= 0.6 is 0 Å². The Morgan fingerprint density at radius 3 is 3.00 bits per heavy atom. The van der Waals surface area contributed by atoms with E-state index >= 15 is 0 Å². The molecule has 0 radical (unpaired) electrons. The van der Waals surface area contributed by atoms with Gasteiger partial charge in [0, 0.05) is 13.1 Å². The van der Waals surface area contributed by atoms with Gasteiger partial charge in [0.05, 0.1) is 5.92 Å². The van der Waals surface area contributed by atoms with Crippen LogP contribution in [0.5, 0.6) is 0 Å². The van der Waals surface area contributed by atoms with E-state index in [1.54, 1.807) is 6.07 Å². The second kappa shape index (κ2) is 4.38. The molecular formula is C11H16N4O. The molecule has 1 atom stereocenters. The van der Waals surface area contributed by atoms with Crippen molar-refractivity contribution in [3.05, 3.63) is 18.2 Å². The molecule has 0 aromatic carbocycles. The molecule has 0 aliphatic carbocycles. The van der Waals surface area contributed by atoms with E-state index in [-0.39, 0.29) is 11.8 Å². The zero-order valence-corrected chi connectivity index (χ0v) is 9.10. The maximum atomic E-state index is 11.1. The van der Waals surface area contributed by atoms with E-state index in [9.17, 15) is 4.79 Å². The lowest BCUT2D eigenvalue weighted by atomic mass is 9.97. The van der Waals surface area contributed by atoms with Gasteiger partial charge < -0.3 is 16.4 Å². The second-order valence-corrected chi connectivity index (χ2v) is 4.11. The monoisotopic (exact) mass is 220 g/mol. The van der Waals surface area contributed by atoms with Crippen LogP contribution < -0.4 is 16.4 Å². The van der Waals surface area contributed by atoms with Crippen LogP contribution in [-0.2, 0) is 4.79 Å². The summed E-state index contributed by atoms with van der Waals surface area (Å²) in [6.45, 7) is 1.55. The maximum absolute atomic E-state index is 11.1. The van der Waals surface area contributed by atoms with Crippen molar-refractivity contribution in [2.24, 2.45) is 11.7 Å². The molecule has 16 heavy (non-hydrogen) atoms. The summed E-state index contributed by atoms with van der Waals surface area (Å²) in [5, 5.41) is 0. The van der Waals surface area contributed by atoms with Crippen molar-refractivity contribution in [3.8, 4) is 0 Å². The van der Waals surface area contributed by atoms with E-state index in [4.69, 9.17) is 11.5 Å². The first kappa shape index (κ1) is 10.7. The average molecular weight is 220 g/mol. The van der Waals surface area contributed by atoms with Gasteiger partial charge in [0.15, 0.2) is 0 Å². The Bertz CT molecular complexity index is 393. The van der Waals surface area contributed by atoms with Gasteiger partial charge in [0.1, 0.15) is 11.6 Å². The van der Waals surface area contributed by atoms with Crippen molar-refractivity contribution in [3.63, 3.8) is 0 Å². The number of primary amides is 1. The highest BCUT2D eigenvalue weighted by Gasteiger charge is 2.24. The number of hydrogen-bond acceptors (Lipinski definition) is 4. The molecule has 2 heterocycles. The SMILES string of the molecule is NC(=O)C1CCCN(c2cccc(N)n2)C1. The number of amides is 1. The molecule has 1 aliphatic rings. The van der Waals surface area contributed by atoms with Gasteiger partial charge >= 0.3 is 0 Å². The summed E-state index contributed by atoms with van der Waals surface area (Å²) in [6.07, 6.45) is 1.83. The van der Waals surface area contributed by atoms with Crippen molar-refractivity contribution in [1.29, 1.82) is 0 Å². The van der Waals surface area contributed by atoms with E-state index in [1.165, 1.54) is 0 Å². The van der Waals surface area contributed by atoms with Crippen LogP contribution in [0.25, 0.3) is 0 Å². The van der Waals surface area contributed by atoms with Gasteiger partial charge in [-0.25, -0.2) is 4.98 Å². The van der Waals surface area contributed by atoms with Crippen LogP contribution in [0.2, 0.25) is 0 Å². The molecule has 5 heteroatoms. The minimum Gasteiger partial charge on any atom is -0.384 e. The molecule has 1 unspecified atom stereocenters. The number of rotatable bonds is 2. The Morgan fingerprint density at radius 2 is 2.31 bits per heavy atom. The van der Waals surface area contributed by atoms with E-state index in [0.29, 0.717) is 12.4 Å². The molecule has 4 N–H and O–H groups in total. The van der Waals surface area contributed by atoms with Gasteiger partial charge in [-0.05, 0) is 25.0 Å². The Balaban J connectivity index is 2.12. The molecule has 1 amide bonds. The Hall–Kier alpha value is -1.78. The van der Waals surface area contributed by atoms with Crippen molar-refractivity contribution in [1.82, 2.24) is 4.98 Å². The number of anilines is 2. The van der Waals surface area contributed by atoms with Gasteiger partial charge in [0.2, 0.25) is 5.91 Å². The first-order valence-electron chi connectivity index (χ1n) is 5.43. The highest BCUT2D eigenvalue weighted by Crippen LogP contribution is 2.21. The fourth-order valence-electron chi connectivity index (χ4n) is 2.03. The zero-order valence-electron chi connectivity index (χ0n) is 9.10. The van der Waals surface area contributed by atoms with Crippen molar-refractivity contribution < 1.29 is 4.79 Å². The summed E-state index contributed by atoms with van der Waals surface area (Å²) in [4.78, 5) is 17.5. The highest BCUT2D eigenvalue weighted by molar-refractivity contribution is 5.77. The second-order valence-electron chi connectivity index (χ2n) is 4.11. The summed E-state index contributed by atoms with van der Waals surface area (Å²) in [5.74, 6) is 1.02. The van der Waals surface area contributed by atoms with Crippen molar-refractivity contribution in [2.75, 3.05) is 23.7 Å². The molecule has 1 saturated heterocycles. The number of hydrogen-bond donors (Lipinski definition) is 2. The number of piperidine rings is 1. The Labute approximate surface area is 94.4 Å². The van der Waals surface area contributed by atoms with E-state index in [1.807, 2.05) is 12.1 Å². The number of nitrogen functional groups attached to an aromatic ring is 1. The maximum Gasteiger partial charge on any atom is 0.222 e. The molecular weight excluding hydrogens is 204 g/mol. The van der Waals surface area contributed by atoms with Crippen molar-refractivity contribution >= 4 is 17.5 Å². The van der Waals surface area contributed by atoms with E-state index in [2.05, 4.69) is 9.88 Å². The van der Waals surface area contributed by atoms with Gasteiger partial charge in [-0.2, -0.15) is 0 Å². The first-order chi connectivity index (χ1) is 7.66. The molecule has 1 aromatic heterocycles. The minimum atomic E-state index is -0.228. The van der Waals surface area contributed by atoms with Crippen molar-refractivity contribution in [2.45, 2.75) is 12.8 Å². The molecule has 0 spiro atoms. The average Bonchev–Trinajstić information content (AvgIpc) is 2.29. The molecule has 2 rings (SSSR count). The number of carbonyl (C=O) groups excluding carboxylic acids is 1. The summed E-state index contributed by atoms with van der Waals surface area (Å²) in [6, 6.07) is 5.52. The summed E-state index contributed by atoms with van der Waals surface area (Å²) < 4.78 is 0. The molecule has 1 aliphatic heterocycles. The first-order valence-corrected chi connectivity index (χ1v) is 5.43. The smallest absolute Gasteiger partial charge is 0.222 e. The zero-order chi connectivity index (χ0) is 11.5. The third-order valence-electron chi connectivity index (χ3n) is 2.90. The highest BCUT2D eigenvalue weighted by atomic mass is 16.1. The lowest BCUT2D eigenvalue weighted by Gasteiger charge is -2.32. The minimum absolute atomic E-state index is 0.0722. The largest absolute Gasteiger partial charge is 0.384 e. The van der Waals surface area contributed by atoms with Gasteiger partial charge in [0.25, 0.3) is 0 Å². The molecule has 86 valence electrons. The molecule has 0 saturated carbocycles. The summed E-state index contributed by atoms with van der Waals surface area (Å²) >= 11 is 0. The van der Waals surface area contributed by atoms with Crippen LogP contribution in [0, 0.1) is 5.92 Å². The van der Waals surface area contributed by atoms with Crippen LogP contribution in [0.4, 0.5) is 11.6 Å². The molecule has 1 fully saturated rings. The number of nitrogens with two attached hydrogens (primary N) is 2. The Kier molecular flexibility index (Phi) is 2.94. The lowest BCUT2D eigenvalue weighted by molar-refractivity contribution is -0.122. The third kappa shape index (κ3) is 2.24. The number of carbonyl (C=O) groups is 1. The predicted octanol–water partition coefficient (Wildman–Crippen LogP) is 0.365. The summed E-state index contributed by atoms with van der Waals surface area (Å²) in [7, 11) is 0. The van der Waals surface area contributed by atoms with Crippen LogP contribution in [-0.4, -0.2) is 24.0 Å². The lowest BCUT2D eigenvalue weighted by Crippen LogP contribution is -2.41. The van der Waals surface area contributed by atoms with Gasteiger partial charge in [-0.3, -0.25) is 4.79 Å². The van der Waals surface area contributed by atoms with Crippen LogP contribution in [0.15, 0.2) is 18.2 Å². The van der Waals surface area contributed by atoms with Gasteiger partial charge in [-0.1, -0.05) is 6.07 Å². The molecule has 5 nitrogen and oxygen atoms in total. The molecule has 1 aromatic rings. The Morgan fingerprint density at radius 1 is 1.50 bits per heavy atom. The normalized spacial score (nSPS) is 20.8. The predicted molar refractivity (Wildman–Crippen MR) is 62.8 cm³/mol. The van der Waals surface area contributed by atoms with E-state index in [0.717, 1.165) is 25.2 Å². The third-order valence-corrected chi connectivity index (χ3v) is 2.90. The number of nitrogens with zero attached hydrogens (tertiary/aromatic N) is 2. The number of aromatic nitrogens is 1. The fourth-order valence-corrected chi connectivity index (χ4v) is 2.03. The summed E-state index contributed by atoms with van der Waals surface area (Å²) in [5.41, 5.74) is 11.0. The standard InChI is InChI=1S/C11H16N4O/c12-9-4-1-5-10(14-9)15-6-2-3-8(7-15)11(13)16/h1,4-5,8H,2-3,6-7H2,(H2,12,14)(H2,13,16). The number of pyridine rings is 1. The van der Waals surface area contributed by atoms with E-state index < -0.39 is 0 Å². The fraction of sp³-hybridized carbons (Fsp3) is 0.455. The van der Waals surface area contributed by atoms with Gasteiger partial charge in [-0.15, -0.1) is 0 Å². The van der Waals surface area contributed by atoms with Crippen LogP contribution in [0.1, 0.15) is 12.8 Å². The topological polar surface area (TPSA) is 85.2 Å².